The van der Waals surface area contributed by atoms with Crippen molar-refractivity contribution >= 4 is 11.8 Å². The highest BCUT2D eigenvalue weighted by Gasteiger charge is 2.21. The van der Waals surface area contributed by atoms with Crippen LogP contribution in [0.3, 0.4) is 0 Å². The van der Waals surface area contributed by atoms with Gasteiger partial charge in [-0.05, 0) is 67.3 Å². The Balaban J connectivity index is 1.44. The van der Waals surface area contributed by atoms with E-state index in [4.69, 9.17) is 9.47 Å². The molecule has 0 spiro atoms. The molecule has 0 atom stereocenters. The number of nitrogens with zero attached hydrogens (tertiary/aromatic N) is 1. The van der Waals surface area contributed by atoms with Crippen molar-refractivity contribution in [2.75, 3.05) is 33.4 Å². The molecule has 1 saturated heterocycles. The molecule has 0 bridgehead atoms. The summed E-state index contributed by atoms with van der Waals surface area (Å²) >= 11 is 0. The summed E-state index contributed by atoms with van der Waals surface area (Å²) in [6.45, 7) is 4.57. The summed E-state index contributed by atoms with van der Waals surface area (Å²) in [4.78, 5) is 26.7. The van der Waals surface area contributed by atoms with E-state index in [2.05, 4.69) is 12.2 Å². The summed E-state index contributed by atoms with van der Waals surface area (Å²) in [5.74, 6) is 2.02. The number of ether oxygens (including phenoxy) is 2. The van der Waals surface area contributed by atoms with E-state index in [1.165, 1.54) is 0 Å². The second kappa shape index (κ2) is 9.96. The standard InChI is InChI=1S/C23H28N2O4/c1-17-11-14-25(15-12-17)23(27)19-5-3-18(4-6-19)22(26)24-13-16-29-21-9-7-20(28-2)8-10-21/h3-10,17H,11-16H2,1-2H3,(H,24,26). The Morgan fingerprint density at radius 2 is 1.55 bits per heavy atom. The Morgan fingerprint density at radius 3 is 2.17 bits per heavy atom. The van der Waals surface area contributed by atoms with Gasteiger partial charge in [0.15, 0.2) is 0 Å². The van der Waals surface area contributed by atoms with Crippen molar-refractivity contribution in [2.45, 2.75) is 19.8 Å². The maximum Gasteiger partial charge on any atom is 0.253 e. The summed E-state index contributed by atoms with van der Waals surface area (Å²) in [7, 11) is 1.61. The molecule has 1 fully saturated rings. The zero-order valence-corrected chi connectivity index (χ0v) is 17.0. The van der Waals surface area contributed by atoms with Crippen molar-refractivity contribution in [3.63, 3.8) is 0 Å². The fourth-order valence-electron chi connectivity index (χ4n) is 3.27. The van der Waals surface area contributed by atoms with Crippen molar-refractivity contribution < 1.29 is 19.1 Å². The molecule has 1 N–H and O–H groups in total. The SMILES string of the molecule is COc1ccc(OCCNC(=O)c2ccc(C(=O)N3CCC(C)CC3)cc2)cc1. The number of likely N-dealkylation sites (tertiary alicyclic amines) is 1. The third-order valence-corrected chi connectivity index (χ3v) is 5.18. The molecule has 0 aromatic heterocycles. The maximum absolute atomic E-state index is 12.6. The second-order valence-corrected chi connectivity index (χ2v) is 7.33. The highest BCUT2D eigenvalue weighted by Crippen LogP contribution is 2.19. The van der Waals surface area contributed by atoms with Gasteiger partial charge in [-0.3, -0.25) is 9.59 Å². The van der Waals surface area contributed by atoms with Crippen molar-refractivity contribution in [2.24, 2.45) is 5.92 Å². The minimum Gasteiger partial charge on any atom is -0.497 e. The molecule has 29 heavy (non-hydrogen) atoms. The number of methoxy groups -OCH3 is 1. The number of amides is 2. The highest BCUT2D eigenvalue weighted by molar-refractivity contribution is 5.97. The average Bonchev–Trinajstić information content (AvgIpc) is 2.77. The number of benzene rings is 2. The molecule has 154 valence electrons. The monoisotopic (exact) mass is 396 g/mol. The second-order valence-electron chi connectivity index (χ2n) is 7.33. The Labute approximate surface area is 171 Å². The quantitative estimate of drug-likeness (QED) is 0.729. The highest BCUT2D eigenvalue weighted by atomic mass is 16.5. The fourth-order valence-corrected chi connectivity index (χ4v) is 3.27. The van der Waals surface area contributed by atoms with Crippen molar-refractivity contribution in [1.29, 1.82) is 0 Å². The normalized spacial score (nSPS) is 14.3. The van der Waals surface area contributed by atoms with Gasteiger partial charge >= 0.3 is 0 Å². The summed E-state index contributed by atoms with van der Waals surface area (Å²) < 4.78 is 10.7. The lowest BCUT2D eigenvalue weighted by molar-refractivity contribution is 0.0696. The van der Waals surface area contributed by atoms with Crippen LogP contribution in [0.4, 0.5) is 0 Å². The summed E-state index contributed by atoms with van der Waals surface area (Å²) in [6.07, 6.45) is 2.09. The molecule has 3 rings (SSSR count). The van der Waals surface area contributed by atoms with Gasteiger partial charge in [-0.15, -0.1) is 0 Å². The zero-order valence-electron chi connectivity index (χ0n) is 17.0. The summed E-state index contributed by atoms with van der Waals surface area (Å²) in [6, 6.07) is 14.1. The van der Waals surface area contributed by atoms with Gasteiger partial charge in [0.25, 0.3) is 11.8 Å². The predicted molar refractivity (Wildman–Crippen MR) is 112 cm³/mol. The number of hydrogen-bond donors (Lipinski definition) is 1. The lowest BCUT2D eigenvalue weighted by Gasteiger charge is -2.30. The molecule has 1 aliphatic rings. The van der Waals surface area contributed by atoms with Gasteiger partial charge in [0.2, 0.25) is 0 Å². The van der Waals surface area contributed by atoms with Gasteiger partial charge in [-0.25, -0.2) is 0 Å². The van der Waals surface area contributed by atoms with Crippen LogP contribution in [-0.2, 0) is 0 Å². The predicted octanol–water partition coefficient (Wildman–Crippen LogP) is 3.38. The van der Waals surface area contributed by atoms with Crippen LogP contribution in [0.5, 0.6) is 11.5 Å². The molecule has 1 aliphatic heterocycles. The smallest absolute Gasteiger partial charge is 0.253 e. The van der Waals surface area contributed by atoms with Crippen LogP contribution in [0.1, 0.15) is 40.5 Å². The van der Waals surface area contributed by atoms with Gasteiger partial charge in [0.1, 0.15) is 18.1 Å². The van der Waals surface area contributed by atoms with Crippen molar-refractivity contribution in [3.05, 3.63) is 59.7 Å². The van der Waals surface area contributed by atoms with Gasteiger partial charge in [0, 0.05) is 24.2 Å². The van der Waals surface area contributed by atoms with Crippen LogP contribution in [0, 0.1) is 5.92 Å². The van der Waals surface area contributed by atoms with Crippen LogP contribution in [-0.4, -0.2) is 50.1 Å². The summed E-state index contributed by atoms with van der Waals surface area (Å²) in [5.41, 5.74) is 1.15. The first-order valence-electron chi connectivity index (χ1n) is 10.0. The minimum absolute atomic E-state index is 0.0387. The number of rotatable bonds is 7. The summed E-state index contributed by atoms with van der Waals surface area (Å²) in [5, 5.41) is 2.82. The van der Waals surface area contributed by atoms with Crippen LogP contribution in [0.15, 0.2) is 48.5 Å². The molecule has 0 saturated carbocycles. The first-order chi connectivity index (χ1) is 14.1. The van der Waals surface area contributed by atoms with Gasteiger partial charge in [0.05, 0.1) is 13.7 Å². The molecule has 0 unspecified atom stereocenters. The third-order valence-electron chi connectivity index (χ3n) is 5.18. The molecule has 0 aliphatic carbocycles. The Hall–Kier alpha value is -3.02. The Morgan fingerprint density at radius 1 is 0.966 bits per heavy atom. The largest absolute Gasteiger partial charge is 0.497 e. The topological polar surface area (TPSA) is 67.9 Å². The van der Waals surface area contributed by atoms with Crippen LogP contribution in [0.25, 0.3) is 0 Å². The molecule has 6 heteroatoms. The fraction of sp³-hybridized carbons (Fsp3) is 0.391. The molecule has 6 nitrogen and oxygen atoms in total. The van der Waals surface area contributed by atoms with E-state index >= 15 is 0 Å². The molecule has 2 aromatic carbocycles. The minimum atomic E-state index is -0.186. The van der Waals surface area contributed by atoms with E-state index in [1.54, 1.807) is 31.4 Å². The Kier molecular flexibility index (Phi) is 7.11. The molecule has 2 amide bonds. The molecular formula is C23H28N2O4. The number of nitrogens with one attached hydrogen (secondary N) is 1. The lowest BCUT2D eigenvalue weighted by Crippen LogP contribution is -2.37. The van der Waals surface area contributed by atoms with Crippen LogP contribution in [0.2, 0.25) is 0 Å². The zero-order chi connectivity index (χ0) is 20.6. The molecular weight excluding hydrogens is 368 g/mol. The molecule has 2 aromatic rings. The third kappa shape index (κ3) is 5.73. The van der Waals surface area contributed by atoms with E-state index in [0.717, 1.165) is 37.4 Å². The van der Waals surface area contributed by atoms with Crippen molar-refractivity contribution in [3.8, 4) is 11.5 Å². The number of piperidine rings is 1. The number of carbonyl (C=O) groups excluding carboxylic acids is 2. The van der Waals surface area contributed by atoms with E-state index in [9.17, 15) is 9.59 Å². The van der Waals surface area contributed by atoms with E-state index in [-0.39, 0.29) is 11.8 Å². The molecule has 1 heterocycles. The first kappa shape index (κ1) is 20.7. The first-order valence-corrected chi connectivity index (χ1v) is 10.0. The van der Waals surface area contributed by atoms with Gasteiger partial charge in [-0.2, -0.15) is 0 Å². The maximum atomic E-state index is 12.6. The van der Waals surface area contributed by atoms with E-state index in [0.29, 0.717) is 30.2 Å². The Bertz CT molecular complexity index is 810. The van der Waals surface area contributed by atoms with Crippen LogP contribution >= 0.6 is 0 Å². The average molecular weight is 396 g/mol. The van der Waals surface area contributed by atoms with Crippen molar-refractivity contribution in [1.82, 2.24) is 10.2 Å². The van der Waals surface area contributed by atoms with Gasteiger partial charge in [-0.1, -0.05) is 6.92 Å². The van der Waals surface area contributed by atoms with Gasteiger partial charge < -0.3 is 19.7 Å². The molecule has 0 radical (unpaired) electrons. The number of hydrogen-bond acceptors (Lipinski definition) is 4. The van der Waals surface area contributed by atoms with Crippen LogP contribution < -0.4 is 14.8 Å². The number of carbonyl (C=O) groups is 2. The van der Waals surface area contributed by atoms with E-state index < -0.39 is 0 Å². The van der Waals surface area contributed by atoms with E-state index in [1.807, 2.05) is 29.2 Å². The lowest BCUT2D eigenvalue weighted by atomic mass is 9.98.